The van der Waals surface area contributed by atoms with Crippen LogP contribution in [0.3, 0.4) is 0 Å². The fraction of sp³-hybridized carbons (Fsp3) is 0.250. The molecule has 1 heterocycles. The summed E-state index contributed by atoms with van der Waals surface area (Å²) < 4.78 is 5.90. The van der Waals surface area contributed by atoms with Gasteiger partial charge in [-0.15, -0.1) is 0 Å². The molecule has 4 nitrogen and oxygen atoms in total. The number of hydrogen-bond donors (Lipinski definition) is 2. The van der Waals surface area contributed by atoms with Crippen molar-refractivity contribution in [3.63, 3.8) is 0 Å². The Kier molecular flexibility index (Phi) is 5.68. The zero-order valence-electron chi connectivity index (χ0n) is 14.6. The lowest BCUT2D eigenvalue weighted by atomic mass is 10.1. The monoisotopic (exact) mass is 353 g/mol. The van der Waals surface area contributed by atoms with E-state index in [0.717, 1.165) is 47.5 Å². The van der Waals surface area contributed by atoms with Crippen LogP contribution in [0.1, 0.15) is 6.42 Å². The summed E-state index contributed by atoms with van der Waals surface area (Å²) >= 11 is 5.33. The number of nitrogens with one attached hydrogen (secondary N) is 2. The molecule has 3 rings (SSSR count). The minimum atomic E-state index is 0.648. The molecule has 0 saturated carbocycles. The van der Waals surface area contributed by atoms with Crippen LogP contribution in [-0.4, -0.2) is 37.2 Å². The highest BCUT2D eigenvalue weighted by Crippen LogP contribution is 2.28. The third kappa shape index (κ3) is 4.81. The minimum absolute atomic E-state index is 0.648. The Morgan fingerprint density at radius 2 is 1.84 bits per heavy atom. The van der Waals surface area contributed by atoms with Crippen molar-refractivity contribution in [1.82, 2.24) is 10.2 Å². The van der Waals surface area contributed by atoms with E-state index >= 15 is 0 Å². The van der Waals surface area contributed by atoms with Gasteiger partial charge >= 0.3 is 0 Å². The molecule has 0 aliphatic heterocycles. The number of hydrogen-bond acceptors (Lipinski definition) is 3. The van der Waals surface area contributed by atoms with E-state index in [1.54, 1.807) is 0 Å². The number of furan rings is 1. The zero-order chi connectivity index (χ0) is 17.6. The Bertz CT molecular complexity index is 807. The van der Waals surface area contributed by atoms with E-state index in [9.17, 15) is 0 Å². The van der Waals surface area contributed by atoms with E-state index in [1.165, 1.54) is 0 Å². The van der Waals surface area contributed by atoms with E-state index in [-0.39, 0.29) is 0 Å². The second kappa shape index (κ2) is 8.14. The van der Waals surface area contributed by atoms with Gasteiger partial charge in [-0.2, -0.15) is 0 Å². The topological polar surface area (TPSA) is 40.4 Å². The summed E-state index contributed by atoms with van der Waals surface area (Å²) in [6, 6.07) is 18.2. The van der Waals surface area contributed by atoms with Crippen molar-refractivity contribution in [3.05, 3.63) is 54.6 Å². The molecule has 130 valence electrons. The number of thiocarbonyl (C=S) groups is 1. The molecule has 0 aliphatic rings. The summed E-state index contributed by atoms with van der Waals surface area (Å²) in [5, 5.41) is 8.20. The maximum atomic E-state index is 5.90. The van der Waals surface area contributed by atoms with Crippen LogP contribution in [-0.2, 0) is 0 Å². The Balaban J connectivity index is 1.57. The molecule has 0 spiro atoms. The molecule has 0 saturated heterocycles. The Morgan fingerprint density at radius 1 is 1.08 bits per heavy atom. The summed E-state index contributed by atoms with van der Waals surface area (Å²) in [5.41, 5.74) is 2.92. The van der Waals surface area contributed by atoms with Crippen molar-refractivity contribution in [2.24, 2.45) is 0 Å². The SMILES string of the molecule is CN(C)CCCNC(=S)Nc1ccc(-c2cc3ccccc3o2)cc1. The number of rotatable bonds is 6. The molecule has 25 heavy (non-hydrogen) atoms. The molecule has 0 atom stereocenters. The summed E-state index contributed by atoms with van der Waals surface area (Å²) in [4.78, 5) is 2.16. The van der Waals surface area contributed by atoms with Crippen LogP contribution in [0, 0.1) is 0 Å². The van der Waals surface area contributed by atoms with Gasteiger partial charge in [0.2, 0.25) is 0 Å². The van der Waals surface area contributed by atoms with Gasteiger partial charge in [0.1, 0.15) is 11.3 Å². The van der Waals surface area contributed by atoms with Crippen LogP contribution in [0.15, 0.2) is 59.0 Å². The number of anilines is 1. The molecule has 0 amide bonds. The lowest BCUT2D eigenvalue weighted by Gasteiger charge is -2.12. The first-order valence-electron chi connectivity index (χ1n) is 8.40. The molecular formula is C20H23N3OS. The lowest BCUT2D eigenvalue weighted by Crippen LogP contribution is -2.30. The summed E-state index contributed by atoms with van der Waals surface area (Å²) in [5.74, 6) is 0.872. The average molecular weight is 353 g/mol. The molecule has 3 aromatic rings. The van der Waals surface area contributed by atoms with Crippen molar-refractivity contribution >= 4 is 34.0 Å². The standard InChI is InChI=1S/C20H23N3OS/c1-23(2)13-5-12-21-20(25)22-17-10-8-15(9-11-17)19-14-16-6-3-4-7-18(16)24-19/h3-4,6-11,14H,5,12-13H2,1-2H3,(H2,21,22,25). The highest BCUT2D eigenvalue weighted by molar-refractivity contribution is 7.80. The largest absolute Gasteiger partial charge is 0.456 e. The third-order valence-corrected chi connectivity index (χ3v) is 4.17. The number of benzene rings is 2. The second-order valence-electron chi connectivity index (χ2n) is 6.26. The number of nitrogens with zero attached hydrogens (tertiary/aromatic N) is 1. The highest BCUT2D eigenvalue weighted by Gasteiger charge is 2.06. The predicted molar refractivity (Wildman–Crippen MR) is 109 cm³/mol. The maximum absolute atomic E-state index is 5.90. The fourth-order valence-electron chi connectivity index (χ4n) is 2.61. The van der Waals surface area contributed by atoms with E-state index in [2.05, 4.69) is 41.8 Å². The highest BCUT2D eigenvalue weighted by atomic mass is 32.1. The van der Waals surface area contributed by atoms with Crippen molar-refractivity contribution in [3.8, 4) is 11.3 Å². The first kappa shape index (κ1) is 17.5. The average Bonchev–Trinajstić information content (AvgIpc) is 3.03. The first-order valence-corrected chi connectivity index (χ1v) is 8.81. The van der Waals surface area contributed by atoms with Gasteiger partial charge in [-0.05, 0) is 75.7 Å². The first-order chi connectivity index (χ1) is 12.1. The van der Waals surface area contributed by atoms with Gasteiger partial charge in [-0.25, -0.2) is 0 Å². The minimum Gasteiger partial charge on any atom is -0.456 e. The van der Waals surface area contributed by atoms with Gasteiger partial charge in [0.25, 0.3) is 0 Å². The van der Waals surface area contributed by atoms with Crippen molar-refractivity contribution in [1.29, 1.82) is 0 Å². The van der Waals surface area contributed by atoms with Gasteiger partial charge in [0, 0.05) is 23.2 Å². The quantitative estimate of drug-likeness (QED) is 0.510. The van der Waals surface area contributed by atoms with Crippen LogP contribution in [0.4, 0.5) is 5.69 Å². The van der Waals surface area contributed by atoms with Crippen LogP contribution in [0.5, 0.6) is 0 Å². The molecule has 0 bridgehead atoms. The lowest BCUT2D eigenvalue weighted by molar-refractivity contribution is 0.400. The molecule has 0 fully saturated rings. The summed E-state index contributed by atoms with van der Waals surface area (Å²) in [6.45, 7) is 1.91. The van der Waals surface area contributed by atoms with Gasteiger partial charge in [0.05, 0.1) is 0 Å². The van der Waals surface area contributed by atoms with Crippen LogP contribution >= 0.6 is 12.2 Å². The van der Waals surface area contributed by atoms with Crippen LogP contribution < -0.4 is 10.6 Å². The molecule has 1 aromatic heterocycles. The molecule has 5 heteroatoms. The number of para-hydroxylation sites is 1. The molecule has 0 radical (unpaired) electrons. The van der Waals surface area contributed by atoms with Crippen LogP contribution in [0.25, 0.3) is 22.3 Å². The van der Waals surface area contributed by atoms with Gasteiger partial charge < -0.3 is 20.0 Å². The predicted octanol–water partition coefficient (Wildman–Crippen LogP) is 4.34. The normalized spacial score (nSPS) is 11.0. The Labute approximate surface area is 153 Å². The summed E-state index contributed by atoms with van der Waals surface area (Å²) in [7, 11) is 4.14. The zero-order valence-corrected chi connectivity index (χ0v) is 15.4. The van der Waals surface area contributed by atoms with E-state index in [4.69, 9.17) is 16.6 Å². The van der Waals surface area contributed by atoms with E-state index in [1.807, 2.05) is 42.5 Å². The second-order valence-corrected chi connectivity index (χ2v) is 6.67. The molecule has 2 aromatic carbocycles. The van der Waals surface area contributed by atoms with Gasteiger partial charge in [-0.1, -0.05) is 18.2 Å². The Hall–Kier alpha value is -2.37. The Morgan fingerprint density at radius 3 is 2.56 bits per heavy atom. The fourth-order valence-corrected chi connectivity index (χ4v) is 2.83. The van der Waals surface area contributed by atoms with Gasteiger partial charge in [0.15, 0.2) is 5.11 Å². The smallest absolute Gasteiger partial charge is 0.170 e. The number of fused-ring (bicyclic) bond motifs is 1. The van der Waals surface area contributed by atoms with Crippen molar-refractivity contribution in [2.45, 2.75) is 6.42 Å². The summed E-state index contributed by atoms with van der Waals surface area (Å²) in [6.07, 6.45) is 1.06. The molecule has 2 N–H and O–H groups in total. The van der Waals surface area contributed by atoms with Crippen molar-refractivity contribution < 1.29 is 4.42 Å². The van der Waals surface area contributed by atoms with Crippen LogP contribution in [0.2, 0.25) is 0 Å². The maximum Gasteiger partial charge on any atom is 0.170 e. The van der Waals surface area contributed by atoms with Gasteiger partial charge in [-0.3, -0.25) is 0 Å². The molecule has 0 aliphatic carbocycles. The molecule has 0 unspecified atom stereocenters. The van der Waals surface area contributed by atoms with E-state index in [0.29, 0.717) is 5.11 Å². The van der Waals surface area contributed by atoms with Crippen molar-refractivity contribution in [2.75, 3.05) is 32.5 Å². The third-order valence-electron chi connectivity index (χ3n) is 3.92. The molecular weight excluding hydrogens is 330 g/mol. The van der Waals surface area contributed by atoms with E-state index < -0.39 is 0 Å².